The normalized spacial score (nSPS) is 9.18. The summed E-state index contributed by atoms with van der Waals surface area (Å²) in [6.07, 6.45) is 1.17. The summed E-state index contributed by atoms with van der Waals surface area (Å²) < 4.78 is 4.73. The van der Waals surface area contributed by atoms with Crippen molar-refractivity contribution in [2.24, 2.45) is 0 Å². The van der Waals surface area contributed by atoms with Gasteiger partial charge in [-0.05, 0) is 5.75 Å². The molecule has 0 aliphatic rings. The minimum atomic E-state index is -0.350. The van der Waals surface area contributed by atoms with Gasteiger partial charge in [0, 0.05) is 17.6 Å². The molecule has 4 heteroatoms. The molecule has 0 atom stereocenters. The summed E-state index contributed by atoms with van der Waals surface area (Å²) in [5.41, 5.74) is 0. The highest BCUT2D eigenvalue weighted by atomic mass is 32.2. The second kappa shape index (κ2) is 8.01. The molecule has 0 radical (unpaired) electrons. The monoisotopic (exact) mass is 192 g/mol. The number of hydrogen-bond donors (Lipinski definition) is 1. The van der Waals surface area contributed by atoms with Gasteiger partial charge in [0.15, 0.2) is 0 Å². The molecule has 0 heterocycles. The first-order chi connectivity index (χ1) is 5.31. The second-order valence-corrected chi connectivity index (χ2v) is 3.38. The van der Waals surface area contributed by atoms with Crippen LogP contribution >= 0.6 is 24.4 Å². The molecule has 64 valence electrons. The van der Waals surface area contributed by atoms with Crippen LogP contribution < -0.4 is 0 Å². The summed E-state index contributed by atoms with van der Waals surface area (Å²) in [5.74, 6) is 2.34. The molecule has 0 rings (SSSR count). The SMILES string of the molecule is C=CC(=O)OCCSCCS. The molecule has 0 aromatic rings. The van der Waals surface area contributed by atoms with Gasteiger partial charge in [0.2, 0.25) is 0 Å². The predicted molar refractivity (Wildman–Crippen MR) is 52.3 cm³/mol. The van der Waals surface area contributed by atoms with Crippen molar-refractivity contribution < 1.29 is 9.53 Å². The van der Waals surface area contributed by atoms with E-state index >= 15 is 0 Å². The summed E-state index contributed by atoms with van der Waals surface area (Å²) >= 11 is 5.75. The van der Waals surface area contributed by atoms with Gasteiger partial charge in [-0.1, -0.05) is 6.58 Å². The first-order valence-electron chi connectivity index (χ1n) is 3.29. The van der Waals surface area contributed by atoms with Crippen LogP contribution in [0, 0.1) is 0 Å². The molecule has 0 saturated carbocycles. The number of ether oxygens (including phenoxy) is 1. The molecule has 0 aromatic heterocycles. The zero-order valence-electron chi connectivity index (χ0n) is 6.28. The van der Waals surface area contributed by atoms with Crippen LogP contribution in [-0.2, 0) is 9.53 Å². The molecule has 0 bridgehead atoms. The first-order valence-corrected chi connectivity index (χ1v) is 5.07. The summed E-state index contributed by atoms with van der Waals surface area (Å²) in [7, 11) is 0. The van der Waals surface area contributed by atoms with Gasteiger partial charge in [-0.15, -0.1) is 0 Å². The van der Waals surface area contributed by atoms with E-state index in [9.17, 15) is 4.79 Å². The number of rotatable bonds is 6. The molecule has 0 spiro atoms. The lowest BCUT2D eigenvalue weighted by atomic mass is 10.6. The van der Waals surface area contributed by atoms with Crippen LogP contribution in [0.3, 0.4) is 0 Å². The highest BCUT2D eigenvalue weighted by Gasteiger charge is 1.93. The lowest BCUT2D eigenvalue weighted by molar-refractivity contribution is -0.137. The van der Waals surface area contributed by atoms with Crippen molar-refractivity contribution in [3.63, 3.8) is 0 Å². The molecule has 0 saturated heterocycles. The Morgan fingerprint density at radius 2 is 2.36 bits per heavy atom. The van der Waals surface area contributed by atoms with Crippen LogP contribution in [0.5, 0.6) is 0 Å². The zero-order valence-corrected chi connectivity index (χ0v) is 8.00. The summed E-state index contributed by atoms with van der Waals surface area (Å²) in [6, 6.07) is 0. The molecule has 0 aromatic carbocycles. The zero-order chi connectivity index (χ0) is 8.53. The average molecular weight is 192 g/mol. The fourth-order valence-electron chi connectivity index (χ4n) is 0.427. The van der Waals surface area contributed by atoms with E-state index in [0.717, 1.165) is 17.3 Å². The second-order valence-electron chi connectivity index (χ2n) is 1.71. The fourth-order valence-corrected chi connectivity index (χ4v) is 1.35. The molecule has 11 heavy (non-hydrogen) atoms. The Morgan fingerprint density at radius 3 is 2.91 bits per heavy atom. The van der Waals surface area contributed by atoms with Crippen molar-refractivity contribution >= 4 is 30.4 Å². The van der Waals surface area contributed by atoms with Crippen molar-refractivity contribution in [2.45, 2.75) is 0 Å². The Morgan fingerprint density at radius 1 is 1.64 bits per heavy atom. The maximum Gasteiger partial charge on any atom is 0.330 e. The Hall–Kier alpha value is -0.0900. The van der Waals surface area contributed by atoms with Gasteiger partial charge in [-0.3, -0.25) is 0 Å². The highest BCUT2D eigenvalue weighted by Crippen LogP contribution is 1.99. The third-order valence-electron chi connectivity index (χ3n) is 0.874. The third kappa shape index (κ3) is 7.81. The Labute approximate surface area is 76.8 Å². The quantitative estimate of drug-likeness (QED) is 0.298. The van der Waals surface area contributed by atoms with E-state index in [1.165, 1.54) is 6.08 Å². The number of thioether (sulfide) groups is 1. The van der Waals surface area contributed by atoms with Crippen LogP contribution in [0.1, 0.15) is 0 Å². The summed E-state index contributed by atoms with van der Waals surface area (Å²) in [6.45, 7) is 3.74. The predicted octanol–water partition coefficient (Wildman–Crippen LogP) is 1.38. The van der Waals surface area contributed by atoms with E-state index in [1.54, 1.807) is 11.8 Å². The van der Waals surface area contributed by atoms with Crippen molar-refractivity contribution in [3.8, 4) is 0 Å². The van der Waals surface area contributed by atoms with E-state index in [1.807, 2.05) is 0 Å². The maximum atomic E-state index is 10.5. The van der Waals surface area contributed by atoms with Crippen molar-refractivity contribution in [1.29, 1.82) is 0 Å². The molecule has 0 fully saturated rings. The minimum absolute atomic E-state index is 0.350. The van der Waals surface area contributed by atoms with Crippen molar-refractivity contribution in [2.75, 3.05) is 23.9 Å². The Bertz CT molecular complexity index is 126. The van der Waals surface area contributed by atoms with Gasteiger partial charge in [-0.25, -0.2) is 4.79 Å². The number of thiol groups is 1. The van der Waals surface area contributed by atoms with E-state index in [4.69, 9.17) is 4.74 Å². The first kappa shape index (κ1) is 10.9. The fraction of sp³-hybridized carbons (Fsp3) is 0.571. The van der Waals surface area contributed by atoms with Crippen molar-refractivity contribution in [1.82, 2.24) is 0 Å². The van der Waals surface area contributed by atoms with Gasteiger partial charge in [0.25, 0.3) is 0 Å². The molecule has 0 amide bonds. The van der Waals surface area contributed by atoms with E-state index in [2.05, 4.69) is 19.2 Å². The van der Waals surface area contributed by atoms with Gasteiger partial charge >= 0.3 is 5.97 Å². The molecular formula is C7H12O2S2. The van der Waals surface area contributed by atoms with E-state index < -0.39 is 0 Å². The lowest BCUT2D eigenvalue weighted by Crippen LogP contribution is -2.04. The molecule has 2 nitrogen and oxygen atoms in total. The van der Waals surface area contributed by atoms with Crippen LogP contribution in [0.15, 0.2) is 12.7 Å². The molecule has 0 aliphatic heterocycles. The topological polar surface area (TPSA) is 26.3 Å². The molecule has 0 aliphatic carbocycles. The Balaban J connectivity index is 3.01. The van der Waals surface area contributed by atoms with Gasteiger partial charge in [0.05, 0.1) is 0 Å². The largest absolute Gasteiger partial charge is 0.462 e. The number of hydrogen-bond acceptors (Lipinski definition) is 4. The molecule has 0 N–H and O–H groups in total. The Kier molecular flexibility index (Phi) is 7.95. The van der Waals surface area contributed by atoms with E-state index in [-0.39, 0.29) is 5.97 Å². The lowest BCUT2D eigenvalue weighted by Gasteiger charge is -1.99. The standard InChI is InChI=1S/C7H12O2S2/c1-2-7(8)9-3-5-11-6-4-10/h2,10H,1,3-6H2. The summed E-state index contributed by atoms with van der Waals surface area (Å²) in [4.78, 5) is 10.5. The smallest absolute Gasteiger partial charge is 0.330 e. The van der Waals surface area contributed by atoms with Crippen LogP contribution in [0.4, 0.5) is 0 Å². The highest BCUT2D eigenvalue weighted by molar-refractivity contribution is 8.00. The number of carbonyl (C=O) groups excluding carboxylic acids is 1. The van der Waals surface area contributed by atoms with Crippen molar-refractivity contribution in [3.05, 3.63) is 12.7 Å². The number of esters is 1. The third-order valence-corrected chi connectivity index (χ3v) is 2.35. The number of carbonyl (C=O) groups is 1. The van der Waals surface area contributed by atoms with Gasteiger partial charge in [-0.2, -0.15) is 24.4 Å². The maximum absolute atomic E-state index is 10.5. The van der Waals surface area contributed by atoms with Gasteiger partial charge in [0.1, 0.15) is 6.61 Å². The van der Waals surface area contributed by atoms with Crippen LogP contribution in [-0.4, -0.2) is 29.8 Å². The molecular weight excluding hydrogens is 180 g/mol. The average Bonchev–Trinajstić information content (AvgIpc) is 2.04. The van der Waals surface area contributed by atoms with E-state index in [0.29, 0.717) is 6.61 Å². The minimum Gasteiger partial charge on any atom is -0.462 e. The molecule has 0 unspecified atom stereocenters. The van der Waals surface area contributed by atoms with Crippen LogP contribution in [0.2, 0.25) is 0 Å². The van der Waals surface area contributed by atoms with Gasteiger partial charge < -0.3 is 4.74 Å². The van der Waals surface area contributed by atoms with Crippen LogP contribution in [0.25, 0.3) is 0 Å². The summed E-state index contributed by atoms with van der Waals surface area (Å²) in [5, 5.41) is 0.